The van der Waals surface area contributed by atoms with Crippen LogP contribution in [0.4, 0.5) is 10.5 Å². The Kier molecular flexibility index (Phi) is 11.3. The van der Waals surface area contributed by atoms with E-state index in [0.717, 1.165) is 109 Å². The Morgan fingerprint density at radius 3 is 2.53 bits per heavy atom. The third-order valence-corrected chi connectivity index (χ3v) is 9.60. The molecule has 2 atom stereocenters. The van der Waals surface area contributed by atoms with Crippen molar-refractivity contribution in [1.82, 2.24) is 35.6 Å². The van der Waals surface area contributed by atoms with Gasteiger partial charge in [0.05, 0.1) is 24.4 Å². The number of pyridine rings is 1. The fraction of sp³-hybridized carbons (Fsp3) is 0.500. The molecule has 0 aliphatic carbocycles. The number of piperazine rings is 1. The molecule has 2 fully saturated rings. The Labute approximate surface area is 290 Å². The van der Waals surface area contributed by atoms with Gasteiger partial charge in [0, 0.05) is 87.4 Å². The minimum absolute atomic E-state index is 0.234. The van der Waals surface area contributed by atoms with Gasteiger partial charge in [0.25, 0.3) is 0 Å². The zero-order valence-corrected chi connectivity index (χ0v) is 29.6. The lowest BCUT2D eigenvalue weighted by molar-refractivity contribution is 0.0904. The molecule has 2 aromatic heterocycles. The summed E-state index contributed by atoms with van der Waals surface area (Å²) in [6.45, 7) is 14.6. The van der Waals surface area contributed by atoms with Crippen molar-refractivity contribution in [3.63, 3.8) is 0 Å². The highest BCUT2D eigenvalue weighted by atomic mass is 16.5. The number of aromatic nitrogens is 3. The number of nitrogens with one attached hydrogen (secondary N) is 4. The van der Waals surface area contributed by atoms with E-state index in [0.29, 0.717) is 31.2 Å². The monoisotopic (exact) mass is 668 g/mol. The summed E-state index contributed by atoms with van der Waals surface area (Å²) in [6, 6.07) is 15.8. The van der Waals surface area contributed by atoms with E-state index in [9.17, 15) is 4.79 Å². The fourth-order valence-electron chi connectivity index (χ4n) is 7.27. The molecule has 2 aromatic carbocycles. The summed E-state index contributed by atoms with van der Waals surface area (Å²) in [7, 11) is 1.70. The molecule has 0 unspecified atom stereocenters. The summed E-state index contributed by atoms with van der Waals surface area (Å²) in [5.74, 6) is 0.806. The Morgan fingerprint density at radius 2 is 1.80 bits per heavy atom. The number of anilines is 1. The number of carbonyl (C=O) groups is 1. The van der Waals surface area contributed by atoms with Gasteiger partial charge >= 0.3 is 6.03 Å². The topological polar surface area (TPSA) is 118 Å². The van der Waals surface area contributed by atoms with Gasteiger partial charge in [-0.2, -0.15) is 5.10 Å². The fourth-order valence-corrected chi connectivity index (χ4v) is 7.27. The summed E-state index contributed by atoms with van der Waals surface area (Å²) >= 11 is 0. The van der Waals surface area contributed by atoms with Gasteiger partial charge in [-0.3, -0.25) is 4.90 Å². The van der Waals surface area contributed by atoms with Crippen LogP contribution in [0.3, 0.4) is 0 Å². The number of urea groups is 1. The van der Waals surface area contributed by atoms with Gasteiger partial charge in [-0.05, 0) is 74.9 Å². The van der Waals surface area contributed by atoms with Crippen LogP contribution in [0.5, 0.6) is 5.75 Å². The molecule has 11 heteroatoms. The molecule has 2 aliphatic heterocycles. The zero-order valence-electron chi connectivity index (χ0n) is 29.6. The van der Waals surface area contributed by atoms with Gasteiger partial charge in [-0.1, -0.05) is 31.2 Å². The van der Waals surface area contributed by atoms with Crippen LogP contribution in [-0.2, 0) is 37.3 Å². The Morgan fingerprint density at radius 1 is 1.02 bits per heavy atom. The normalized spacial score (nSPS) is 18.8. The van der Waals surface area contributed by atoms with Crippen LogP contribution in [-0.4, -0.2) is 77.2 Å². The predicted molar refractivity (Wildman–Crippen MR) is 195 cm³/mol. The van der Waals surface area contributed by atoms with Crippen molar-refractivity contribution in [3.8, 4) is 16.9 Å². The van der Waals surface area contributed by atoms with E-state index in [4.69, 9.17) is 14.5 Å². The van der Waals surface area contributed by atoms with Gasteiger partial charge in [0.1, 0.15) is 5.75 Å². The van der Waals surface area contributed by atoms with Crippen LogP contribution in [0, 0.1) is 0 Å². The van der Waals surface area contributed by atoms with Crippen molar-refractivity contribution in [2.75, 3.05) is 38.7 Å². The second kappa shape index (κ2) is 16.0. The van der Waals surface area contributed by atoms with Crippen molar-refractivity contribution in [3.05, 3.63) is 71.0 Å². The Hall–Kier alpha value is -4.19. The average Bonchev–Trinajstić information content (AvgIpc) is 3.53. The number of rotatable bonds is 12. The van der Waals surface area contributed by atoms with Gasteiger partial charge in [-0.25, -0.2) is 14.5 Å². The third-order valence-electron chi connectivity index (χ3n) is 9.60. The van der Waals surface area contributed by atoms with E-state index < -0.39 is 0 Å². The molecule has 0 saturated carbocycles. The van der Waals surface area contributed by atoms with Gasteiger partial charge in [0.15, 0.2) is 5.65 Å². The number of methoxy groups -OCH3 is 1. The molecule has 0 bridgehead atoms. The number of hydrogen-bond donors (Lipinski definition) is 4. The number of benzene rings is 2. The van der Waals surface area contributed by atoms with Crippen LogP contribution in [0.2, 0.25) is 0 Å². The quantitative estimate of drug-likeness (QED) is 0.157. The maximum Gasteiger partial charge on any atom is 0.315 e. The highest BCUT2D eigenvalue weighted by molar-refractivity contribution is 5.92. The first-order valence-electron chi connectivity index (χ1n) is 17.8. The maximum atomic E-state index is 13.2. The maximum absolute atomic E-state index is 13.2. The number of nitrogens with zero attached hydrogens (tertiary/aromatic N) is 4. The van der Waals surface area contributed by atoms with Crippen molar-refractivity contribution >= 4 is 22.8 Å². The van der Waals surface area contributed by atoms with Gasteiger partial charge in [0.2, 0.25) is 0 Å². The molecular formula is C38H52N8O3. The molecular weight excluding hydrogens is 616 g/mol. The smallest absolute Gasteiger partial charge is 0.315 e. The zero-order chi connectivity index (χ0) is 34.3. The molecule has 0 spiro atoms. The minimum Gasteiger partial charge on any atom is -0.496 e. The van der Waals surface area contributed by atoms with Crippen molar-refractivity contribution in [2.24, 2.45) is 0 Å². The molecule has 6 rings (SSSR count). The van der Waals surface area contributed by atoms with Crippen molar-refractivity contribution in [2.45, 2.75) is 91.3 Å². The minimum atomic E-state index is -0.234. The molecule has 2 amide bonds. The first kappa shape index (κ1) is 34.7. The van der Waals surface area contributed by atoms with Gasteiger partial charge in [-0.15, -0.1) is 0 Å². The van der Waals surface area contributed by atoms with E-state index >= 15 is 0 Å². The molecule has 2 saturated heterocycles. The largest absolute Gasteiger partial charge is 0.496 e. The molecule has 2 aliphatic rings. The van der Waals surface area contributed by atoms with Crippen molar-refractivity contribution in [1.29, 1.82) is 0 Å². The molecule has 4 N–H and O–H groups in total. The number of hydrogen-bond acceptors (Lipinski definition) is 8. The standard InChI is InChI=1S/C38H52N8O3/c1-6-34-32(36(43-30-13-15-49-16-14-30)33-21-41-46(7-2)37(33)44-34)20-40-38(47)39-19-27-11-12-35(48-5)31(18-27)29-10-8-9-28(17-29)24-45-22-25(3)42-26(4)23-45/h8-12,17-18,21,25-26,30,42H,6-7,13-16,19-20,22-24H2,1-5H3,(H,43,44)(H2,39,40,47)/t25-,26+. The lowest BCUT2D eigenvalue weighted by Crippen LogP contribution is -2.53. The van der Waals surface area contributed by atoms with Crippen LogP contribution >= 0.6 is 0 Å². The molecule has 49 heavy (non-hydrogen) atoms. The summed E-state index contributed by atoms with van der Waals surface area (Å²) in [4.78, 5) is 20.7. The number of fused-ring (bicyclic) bond motifs is 1. The number of aryl methyl sites for hydroxylation is 2. The Bertz CT molecular complexity index is 1720. The highest BCUT2D eigenvalue weighted by Crippen LogP contribution is 2.33. The van der Waals surface area contributed by atoms with E-state index in [1.54, 1.807) is 7.11 Å². The third kappa shape index (κ3) is 8.34. The number of ether oxygens (including phenoxy) is 2. The molecule has 11 nitrogen and oxygen atoms in total. The van der Waals surface area contributed by atoms with E-state index in [2.05, 4.69) is 89.3 Å². The number of carbonyl (C=O) groups excluding carboxylic acids is 1. The molecule has 4 aromatic rings. The summed E-state index contributed by atoms with van der Waals surface area (Å²) in [5.41, 5.74) is 8.22. The molecule has 4 heterocycles. The first-order chi connectivity index (χ1) is 23.8. The Balaban J connectivity index is 1.14. The second-order valence-electron chi connectivity index (χ2n) is 13.4. The average molecular weight is 669 g/mol. The lowest BCUT2D eigenvalue weighted by Gasteiger charge is -2.36. The SMILES string of the molecule is CCc1nc2c(cnn2CC)c(NC2CCOCC2)c1CNC(=O)NCc1ccc(OC)c(-c2cccc(CN3C[C@@H](C)N[C@@H](C)C3)c2)c1. The van der Waals surface area contributed by atoms with Gasteiger partial charge < -0.3 is 30.7 Å². The summed E-state index contributed by atoms with van der Waals surface area (Å²) in [6.07, 6.45) is 4.50. The summed E-state index contributed by atoms with van der Waals surface area (Å²) < 4.78 is 13.3. The molecule has 262 valence electrons. The van der Waals surface area contributed by atoms with Crippen LogP contribution in [0.25, 0.3) is 22.2 Å². The summed E-state index contributed by atoms with van der Waals surface area (Å²) in [5, 5.41) is 19.2. The van der Waals surface area contributed by atoms with Crippen LogP contribution < -0.4 is 26.0 Å². The van der Waals surface area contributed by atoms with E-state index in [1.807, 2.05) is 23.0 Å². The van der Waals surface area contributed by atoms with Crippen molar-refractivity contribution < 1.29 is 14.3 Å². The highest BCUT2D eigenvalue weighted by Gasteiger charge is 2.23. The lowest BCUT2D eigenvalue weighted by atomic mass is 9.99. The van der Waals surface area contributed by atoms with Crippen LogP contribution in [0.15, 0.2) is 48.7 Å². The van der Waals surface area contributed by atoms with Crippen LogP contribution in [0.1, 0.15) is 62.9 Å². The van der Waals surface area contributed by atoms with E-state index in [1.165, 1.54) is 5.56 Å². The van der Waals surface area contributed by atoms with E-state index in [-0.39, 0.29) is 6.03 Å². The predicted octanol–water partition coefficient (Wildman–Crippen LogP) is 5.46. The molecule has 0 radical (unpaired) electrons. The second-order valence-corrected chi connectivity index (χ2v) is 13.4. The first-order valence-corrected chi connectivity index (χ1v) is 17.8. The number of amides is 2.